The minimum Gasteiger partial charge on any atom is -0.350 e. The summed E-state index contributed by atoms with van der Waals surface area (Å²) in [5.74, 6) is -0.118. The maximum Gasteiger partial charge on any atom is 0.293 e. The van der Waals surface area contributed by atoms with Crippen LogP contribution in [-0.4, -0.2) is 32.6 Å². The second-order valence-electron chi connectivity index (χ2n) is 5.46. The molecule has 0 aliphatic rings. The lowest BCUT2D eigenvalue weighted by molar-refractivity contribution is -0.384. The van der Waals surface area contributed by atoms with E-state index in [2.05, 4.69) is 5.32 Å². The molecule has 1 N–H and O–H groups in total. The van der Waals surface area contributed by atoms with E-state index >= 15 is 0 Å². The highest BCUT2D eigenvalue weighted by molar-refractivity contribution is 7.90. The third-order valence-corrected chi connectivity index (χ3v) is 4.71. The summed E-state index contributed by atoms with van der Waals surface area (Å²) in [4.78, 5) is 23.3. The highest BCUT2D eigenvalue weighted by Crippen LogP contribution is 2.30. The van der Waals surface area contributed by atoms with Gasteiger partial charge in [-0.3, -0.25) is 14.9 Å². The van der Waals surface area contributed by atoms with Crippen molar-refractivity contribution in [2.75, 3.05) is 23.5 Å². The van der Waals surface area contributed by atoms with Gasteiger partial charge in [0.2, 0.25) is 5.91 Å². The normalized spacial score (nSPS) is 11.0. The summed E-state index contributed by atoms with van der Waals surface area (Å²) in [5, 5.41) is 14.1. The molecule has 2 aromatic carbocycles. The number of carbonyl (C=O) groups is 1. The van der Waals surface area contributed by atoms with Crippen LogP contribution >= 0.6 is 0 Å². The van der Waals surface area contributed by atoms with Crippen molar-refractivity contribution in [3.8, 4) is 0 Å². The van der Waals surface area contributed by atoms with E-state index in [1.807, 2.05) is 0 Å². The fourth-order valence-corrected chi connectivity index (χ4v) is 2.75. The Bertz CT molecular complexity index is 923. The highest BCUT2D eigenvalue weighted by atomic mass is 32.2. The largest absolute Gasteiger partial charge is 0.350 e. The first-order chi connectivity index (χ1) is 11.6. The van der Waals surface area contributed by atoms with Gasteiger partial charge in [0.25, 0.3) is 5.69 Å². The van der Waals surface area contributed by atoms with Crippen molar-refractivity contribution in [3.63, 3.8) is 0 Å². The second-order valence-corrected chi connectivity index (χ2v) is 7.47. The Labute approximate surface area is 145 Å². The molecule has 9 heteroatoms. The van der Waals surface area contributed by atoms with Crippen LogP contribution in [0.5, 0.6) is 0 Å². The second kappa shape index (κ2) is 6.89. The minimum absolute atomic E-state index is 0.118. The summed E-state index contributed by atoms with van der Waals surface area (Å²) in [6.45, 7) is 1.44. The third-order valence-electron chi connectivity index (χ3n) is 3.60. The summed E-state index contributed by atoms with van der Waals surface area (Å²) in [7, 11) is -1.90. The molecule has 8 nitrogen and oxygen atoms in total. The fourth-order valence-electron chi connectivity index (χ4n) is 2.10. The summed E-state index contributed by atoms with van der Waals surface area (Å²) >= 11 is 0. The molecule has 25 heavy (non-hydrogen) atoms. The van der Waals surface area contributed by atoms with Gasteiger partial charge in [-0.15, -0.1) is 0 Å². The minimum atomic E-state index is -3.54. The number of sulfone groups is 1. The summed E-state index contributed by atoms with van der Waals surface area (Å²) in [6, 6.07) is 10.4. The molecule has 0 unspecified atom stereocenters. The van der Waals surface area contributed by atoms with Crippen molar-refractivity contribution in [1.82, 2.24) is 0 Å². The number of anilines is 3. The molecular weight excluding hydrogens is 346 g/mol. The Balaban J connectivity index is 2.34. The predicted molar refractivity (Wildman–Crippen MR) is 95.0 cm³/mol. The van der Waals surface area contributed by atoms with Gasteiger partial charge in [0, 0.05) is 37.7 Å². The zero-order chi connectivity index (χ0) is 18.8. The summed E-state index contributed by atoms with van der Waals surface area (Å²) in [6.07, 6.45) is 0.989. The quantitative estimate of drug-likeness (QED) is 0.646. The molecule has 0 spiro atoms. The van der Waals surface area contributed by atoms with E-state index in [-0.39, 0.29) is 22.2 Å². The van der Waals surface area contributed by atoms with Crippen LogP contribution in [0.3, 0.4) is 0 Å². The molecule has 132 valence electrons. The molecule has 0 atom stereocenters. The van der Waals surface area contributed by atoms with Crippen molar-refractivity contribution in [3.05, 3.63) is 52.6 Å². The smallest absolute Gasteiger partial charge is 0.293 e. The van der Waals surface area contributed by atoms with Gasteiger partial charge >= 0.3 is 0 Å². The van der Waals surface area contributed by atoms with Crippen LogP contribution in [0.4, 0.5) is 22.7 Å². The Morgan fingerprint density at radius 3 is 2.24 bits per heavy atom. The lowest BCUT2D eigenvalue weighted by Gasteiger charge is -2.15. The summed E-state index contributed by atoms with van der Waals surface area (Å²) in [5.41, 5.74) is 1.08. The molecule has 0 aliphatic carbocycles. The lowest BCUT2D eigenvalue weighted by Crippen LogP contribution is -2.22. The average molecular weight is 363 g/mol. The van der Waals surface area contributed by atoms with Crippen LogP contribution in [0.25, 0.3) is 0 Å². The lowest BCUT2D eigenvalue weighted by atomic mass is 10.2. The number of nitro groups is 1. The van der Waals surface area contributed by atoms with Gasteiger partial charge in [-0.25, -0.2) is 8.42 Å². The molecule has 2 aromatic rings. The van der Waals surface area contributed by atoms with Gasteiger partial charge in [-0.2, -0.15) is 0 Å². The van der Waals surface area contributed by atoms with Crippen LogP contribution < -0.4 is 10.2 Å². The topological polar surface area (TPSA) is 110 Å². The van der Waals surface area contributed by atoms with Crippen molar-refractivity contribution >= 4 is 38.5 Å². The SMILES string of the molecule is CC(=O)N(C)c1ccc(Nc2ccc(S(C)(=O)=O)cc2[N+](=O)[O-])cc1. The first kappa shape index (κ1) is 18.4. The summed E-state index contributed by atoms with van der Waals surface area (Å²) < 4.78 is 23.1. The van der Waals surface area contributed by atoms with E-state index < -0.39 is 14.8 Å². The van der Waals surface area contributed by atoms with Crippen LogP contribution in [0.1, 0.15) is 6.92 Å². The van der Waals surface area contributed by atoms with E-state index in [0.717, 1.165) is 12.3 Å². The van der Waals surface area contributed by atoms with Crippen LogP contribution in [0.2, 0.25) is 0 Å². The predicted octanol–water partition coefficient (Wildman–Crippen LogP) is 2.72. The number of rotatable bonds is 5. The van der Waals surface area contributed by atoms with E-state index in [1.54, 1.807) is 31.3 Å². The zero-order valence-corrected chi connectivity index (χ0v) is 14.7. The number of hydrogen-bond acceptors (Lipinski definition) is 6. The highest BCUT2D eigenvalue weighted by Gasteiger charge is 2.19. The zero-order valence-electron chi connectivity index (χ0n) is 13.9. The van der Waals surface area contributed by atoms with Gasteiger partial charge in [0.1, 0.15) is 5.69 Å². The number of nitrogens with zero attached hydrogens (tertiary/aromatic N) is 2. The number of nitrogens with one attached hydrogen (secondary N) is 1. The first-order valence-electron chi connectivity index (χ1n) is 7.19. The molecule has 2 rings (SSSR count). The number of benzene rings is 2. The Morgan fingerprint density at radius 2 is 1.76 bits per heavy atom. The van der Waals surface area contributed by atoms with E-state index in [0.29, 0.717) is 11.4 Å². The molecule has 0 bridgehead atoms. The van der Waals surface area contributed by atoms with Gasteiger partial charge in [0.05, 0.1) is 9.82 Å². The third kappa shape index (κ3) is 4.32. The van der Waals surface area contributed by atoms with Gasteiger partial charge < -0.3 is 10.2 Å². The van der Waals surface area contributed by atoms with Crippen LogP contribution in [-0.2, 0) is 14.6 Å². The average Bonchev–Trinajstić information content (AvgIpc) is 2.54. The molecule has 0 saturated carbocycles. The van der Waals surface area contributed by atoms with Gasteiger partial charge in [0.15, 0.2) is 9.84 Å². The molecule has 0 radical (unpaired) electrons. The van der Waals surface area contributed by atoms with Crippen molar-refractivity contribution < 1.29 is 18.1 Å². The maximum absolute atomic E-state index is 11.6. The number of hydrogen-bond donors (Lipinski definition) is 1. The number of nitro benzene ring substituents is 1. The molecule has 0 fully saturated rings. The van der Waals surface area contributed by atoms with E-state index in [9.17, 15) is 23.3 Å². The molecule has 0 saturated heterocycles. The van der Waals surface area contributed by atoms with Crippen molar-refractivity contribution in [1.29, 1.82) is 0 Å². The molecular formula is C16H17N3O5S. The van der Waals surface area contributed by atoms with Crippen LogP contribution in [0, 0.1) is 10.1 Å². The molecule has 1 amide bonds. The van der Waals surface area contributed by atoms with E-state index in [1.165, 1.54) is 24.0 Å². The Hall–Kier alpha value is -2.94. The maximum atomic E-state index is 11.6. The standard InChI is InChI=1S/C16H17N3O5S/c1-11(20)18(2)13-6-4-12(5-7-13)17-15-9-8-14(25(3,23)24)10-16(15)19(21)22/h4-10,17H,1-3H3. The van der Waals surface area contributed by atoms with Crippen molar-refractivity contribution in [2.45, 2.75) is 11.8 Å². The molecule has 0 heterocycles. The van der Waals surface area contributed by atoms with Crippen molar-refractivity contribution in [2.24, 2.45) is 0 Å². The molecule has 0 aliphatic heterocycles. The number of amides is 1. The first-order valence-corrected chi connectivity index (χ1v) is 9.08. The fraction of sp³-hybridized carbons (Fsp3) is 0.188. The monoisotopic (exact) mass is 363 g/mol. The van der Waals surface area contributed by atoms with E-state index in [4.69, 9.17) is 0 Å². The Morgan fingerprint density at radius 1 is 1.16 bits per heavy atom. The Kier molecular flexibility index (Phi) is 5.07. The van der Waals surface area contributed by atoms with Crippen LogP contribution in [0.15, 0.2) is 47.4 Å². The van der Waals surface area contributed by atoms with Gasteiger partial charge in [-0.1, -0.05) is 0 Å². The number of carbonyl (C=O) groups excluding carboxylic acids is 1. The molecule has 0 aromatic heterocycles. The van der Waals surface area contributed by atoms with Gasteiger partial charge in [-0.05, 0) is 36.4 Å².